The van der Waals surface area contributed by atoms with Crippen LogP contribution in [-0.4, -0.2) is 78.6 Å². The number of ether oxygens (including phenoxy) is 2. The Morgan fingerprint density at radius 2 is 2.00 bits per heavy atom. The van der Waals surface area contributed by atoms with E-state index in [4.69, 9.17) is 4.74 Å². The first-order valence-corrected chi connectivity index (χ1v) is 10.1. The van der Waals surface area contributed by atoms with Crippen LogP contribution in [0.25, 0.3) is 0 Å². The fraction of sp³-hybridized carbons (Fsp3) is 0.550. The van der Waals surface area contributed by atoms with E-state index < -0.39 is 59.2 Å². The summed E-state index contributed by atoms with van der Waals surface area (Å²) in [5.74, 6) is -2.69. The van der Waals surface area contributed by atoms with Gasteiger partial charge in [-0.2, -0.15) is 13.2 Å². The van der Waals surface area contributed by atoms with Gasteiger partial charge in [-0.05, 0) is 31.9 Å². The number of nitro benzene ring substituents is 1. The van der Waals surface area contributed by atoms with E-state index in [2.05, 4.69) is 4.74 Å². The summed E-state index contributed by atoms with van der Waals surface area (Å²) in [5, 5.41) is 11.3. The lowest BCUT2D eigenvalue weighted by atomic mass is 9.98. The molecule has 1 aromatic rings. The monoisotopic (exact) mass is 475 g/mol. The van der Waals surface area contributed by atoms with Crippen molar-refractivity contribution < 1.29 is 42.0 Å². The molecule has 1 aliphatic heterocycles. The molecule has 0 aliphatic carbocycles. The summed E-state index contributed by atoms with van der Waals surface area (Å²) in [4.78, 5) is 50.2. The van der Waals surface area contributed by atoms with E-state index in [0.717, 1.165) is 23.1 Å². The minimum absolute atomic E-state index is 0.126. The van der Waals surface area contributed by atoms with Crippen LogP contribution in [0.15, 0.2) is 18.2 Å². The standard InChI is InChI=1S/C20H24F3N3O7/c1-3-32-19(29)13-5-4-8-25(10-13)17(27)11-24(2)18(28)15-9-14(33-12-20(21,22)23)6-7-16(15)26(30)31/h6-7,9,13H,3-5,8,10-12H2,1-2H3. The van der Waals surface area contributed by atoms with Crippen LogP contribution >= 0.6 is 0 Å². The number of likely N-dealkylation sites (N-methyl/N-ethyl adjacent to an activating group) is 1. The molecule has 1 aromatic carbocycles. The maximum Gasteiger partial charge on any atom is 0.422 e. The van der Waals surface area contributed by atoms with Crippen LogP contribution in [0.3, 0.4) is 0 Å². The van der Waals surface area contributed by atoms with Crippen LogP contribution in [0.1, 0.15) is 30.1 Å². The molecule has 0 spiro atoms. The van der Waals surface area contributed by atoms with E-state index in [0.29, 0.717) is 19.4 Å². The number of piperidine rings is 1. The van der Waals surface area contributed by atoms with Gasteiger partial charge in [-0.25, -0.2) is 0 Å². The average molecular weight is 475 g/mol. The van der Waals surface area contributed by atoms with E-state index in [1.54, 1.807) is 6.92 Å². The quantitative estimate of drug-likeness (QED) is 0.322. The molecule has 182 valence electrons. The Labute approximate surface area is 187 Å². The van der Waals surface area contributed by atoms with Gasteiger partial charge in [0.1, 0.15) is 11.3 Å². The highest BCUT2D eigenvalue weighted by atomic mass is 19.4. The van der Waals surface area contributed by atoms with Crippen molar-refractivity contribution in [1.29, 1.82) is 0 Å². The van der Waals surface area contributed by atoms with E-state index in [-0.39, 0.29) is 18.9 Å². The number of rotatable bonds is 8. The summed E-state index contributed by atoms with van der Waals surface area (Å²) in [5.41, 5.74) is -1.16. The molecule has 2 rings (SSSR count). The van der Waals surface area contributed by atoms with Gasteiger partial charge in [0, 0.05) is 26.2 Å². The van der Waals surface area contributed by atoms with Crippen molar-refractivity contribution in [3.63, 3.8) is 0 Å². The van der Waals surface area contributed by atoms with Gasteiger partial charge in [0.15, 0.2) is 6.61 Å². The van der Waals surface area contributed by atoms with Gasteiger partial charge in [-0.1, -0.05) is 0 Å². The molecular weight excluding hydrogens is 451 g/mol. The van der Waals surface area contributed by atoms with E-state index in [1.807, 2.05) is 0 Å². The number of esters is 1. The van der Waals surface area contributed by atoms with Crippen molar-refractivity contribution >= 4 is 23.5 Å². The Bertz CT molecular complexity index is 907. The lowest BCUT2D eigenvalue weighted by Gasteiger charge is -2.32. The van der Waals surface area contributed by atoms with Crippen LogP contribution < -0.4 is 4.74 Å². The third kappa shape index (κ3) is 7.32. The predicted octanol–water partition coefficient (Wildman–Crippen LogP) is 2.41. The summed E-state index contributed by atoms with van der Waals surface area (Å²) < 4.78 is 46.7. The molecule has 2 amide bonds. The third-order valence-electron chi connectivity index (χ3n) is 4.91. The zero-order valence-corrected chi connectivity index (χ0v) is 18.1. The molecule has 10 nitrogen and oxygen atoms in total. The molecule has 1 unspecified atom stereocenters. The molecule has 0 saturated carbocycles. The fourth-order valence-corrected chi connectivity index (χ4v) is 3.34. The number of carbonyl (C=O) groups excluding carboxylic acids is 3. The molecule has 1 saturated heterocycles. The maximum atomic E-state index is 12.8. The van der Waals surface area contributed by atoms with Gasteiger partial charge in [0.05, 0.1) is 24.0 Å². The van der Waals surface area contributed by atoms with Crippen molar-refractivity contribution in [3.8, 4) is 5.75 Å². The highest BCUT2D eigenvalue weighted by Crippen LogP contribution is 2.27. The molecule has 1 atom stereocenters. The molecule has 1 heterocycles. The number of nitrogens with zero attached hydrogens (tertiary/aromatic N) is 3. The fourth-order valence-electron chi connectivity index (χ4n) is 3.34. The SMILES string of the molecule is CCOC(=O)C1CCCN(C(=O)CN(C)C(=O)c2cc(OCC(F)(F)F)ccc2[N+](=O)[O-])C1. The van der Waals surface area contributed by atoms with E-state index in [1.165, 1.54) is 11.9 Å². The average Bonchev–Trinajstić information content (AvgIpc) is 2.76. The molecule has 0 radical (unpaired) electrons. The highest BCUT2D eigenvalue weighted by Gasteiger charge is 2.32. The minimum Gasteiger partial charge on any atom is -0.484 e. The van der Waals surface area contributed by atoms with Gasteiger partial charge in [0.2, 0.25) is 5.91 Å². The van der Waals surface area contributed by atoms with Crippen LogP contribution in [0, 0.1) is 16.0 Å². The van der Waals surface area contributed by atoms with Gasteiger partial charge < -0.3 is 19.3 Å². The summed E-state index contributed by atoms with van der Waals surface area (Å²) in [6, 6.07) is 2.66. The predicted molar refractivity (Wildman–Crippen MR) is 108 cm³/mol. The molecule has 0 N–H and O–H groups in total. The number of alkyl halides is 3. The van der Waals surface area contributed by atoms with Crippen LogP contribution in [0.4, 0.5) is 18.9 Å². The molecular formula is C20H24F3N3O7. The Balaban J connectivity index is 2.12. The van der Waals surface area contributed by atoms with Crippen LogP contribution in [0.2, 0.25) is 0 Å². The summed E-state index contributed by atoms with van der Waals surface area (Å²) in [7, 11) is 1.24. The molecule has 33 heavy (non-hydrogen) atoms. The first kappa shape index (κ1) is 25.9. The second-order valence-electron chi connectivity index (χ2n) is 7.43. The van der Waals surface area contributed by atoms with Crippen LogP contribution in [-0.2, 0) is 14.3 Å². The summed E-state index contributed by atoms with van der Waals surface area (Å²) in [6.07, 6.45) is -3.50. The van der Waals surface area contributed by atoms with Gasteiger partial charge in [0.25, 0.3) is 11.6 Å². The second-order valence-corrected chi connectivity index (χ2v) is 7.43. The number of amides is 2. The number of likely N-dealkylation sites (tertiary alicyclic amines) is 1. The number of hydrogen-bond acceptors (Lipinski definition) is 7. The number of carbonyl (C=O) groups is 3. The Morgan fingerprint density at radius 3 is 2.61 bits per heavy atom. The van der Waals surface area contributed by atoms with Crippen molar-refractivity contribution in [1.82, 2.24) is 9.80 Å². The summed E-state index contributed by atoms with van der Waals surface area (Å²) in [6.45, 7) is 0.304. The van der Waals surface area contributed by atoms with E-state index >= 15 is 0 Å². The van der Waals surface area contributed by atoms with Gasteiger partial charge in [-0.15, -0.1) is 0 Å². The Morgan fingerprint density at radius 1 is 1.30 bits per heavy atom. The Hall–Kier alpha value is -3.38. The number of benzene rings is 1. The maximum absolute atomic E-state index is 12.8. The van der Waals surface area contributed by atoms with Crippen molar-refractivity contribution in [2.24, 2.45) is 5.92 Å². The van der Waals surface area contributed by atoms with Gasteiger partial charge in [-0.3, -0.25) is 24.5 Å². The molecule has 13 heteroatoms. The number of halogens is 3. The van der Waals surface area contributed by atoms with E-state index in [9.17, 15) is 37.7 Å². The minimum atomic E-state index is -4.63. The summed E-state index contributed by atoms with van der Waals surface area (Å²) >= 11 is 0. The van der Waals surface area contributed by atoms with Crippen molar-refractivity contribution in [3.05, 3.63) is 33.9 Å². The molecule has 0 aromatic heterocycles. The first-order valence-electron chi connectivity index (χ1n) is 10.1. The molecule has 1 aliphatic rings. The Kier molecular flexibility index (Phi) is 8.60. The molecule has 0 bridgehead atoms. The van der Waals surface area contributed by atoms with Crippen LogP contribution in [0.5, 0.6) is 5.75 Å². The zero-order chi connectivity index (χ0) is 24.8. The van der Waals surface area contributed by atoms with Crippen molar-refractivity contribution in [2.75, 3.05) is 39.9 Å². The number of hydrogen-bond donors (Lipinski definition) is 0. The molecule has 1 fully saturated rings. The largest absolute Gasteiger partial charge is 0.484 e. The second kappa shape index (κ2) is 11.0. The topological polar surface area (TPSA) is 119 Å². The lowest BCUT2D eigenvalue weighted by molar-refractivity contribution is -0.385. The zero-order valence-electron chi connectivity index (χ0n) is 18.1. The normalized spacial score (nSPS) is 16.2. The first-order chi connectivity index (χ1) is 15.4. The number of nitro groups is 1. The van der Waals surface area contributed by atoms with Crippen molar-refractivity contribution in [2.45, 2.75) is 25.9 Å². The van der Waals surface area contributed by atoms with Gasteiger partial charge >= 0.3 is 12.1 Å². The third-order valence-corrected chi connectivity index (χ3v) is 4.91. The lowest BCUT2D eigenvalue weighted by Crippen LogP contribution is -2.47. The highest BCUT2D eigenvalue weighted by molar-refractivity contribution is 6.00. The smallest absolute Gasteiger partial charge is 0.422 e.